The lowest BCUT2D eigenvalue weighted by molar-refractivity contribution is 0.477. The van der Waals surface area contributed by atoms with E-state index < -0.39 is 10.0 Å². The fourth-order valence-electron chi connectivity index (χ4n) is 4.11. The zero-order chi connectivity index (χ0) is 23.9. The Hall–Kier alpha value is -3.08. The van der Waals surface area contributed by atoms with Gasteiger partial charge in [-0.1, -0.05) is 29.5 Å². The summed E-state index contributed by atoms with van der Waals surface area (Å²) in [5, 5.41) is 7.46. The first-order valence-corrected chi connectivity index (χ1v) is 13.4. The van der Waals surface area contributed by atoms with Crippen molar-refractivity contribution in [2.24, 2.45) is 0 Å². The van der Waals surface area contributed by atoms with Gasteiger partial charge in [-0.25, -0.2) is 23.4 Å². The van der Waals surface area contributed by atoms with Gasteiger partial charge in [0.1, 0.15) is 11.3 Å². The molecule has 4 aromatic rings. The number of rotatable bonds is 6. The van der Waals surface area contributed by atoms with E-state index in [1.807, 2.05) is 13.0 Å². The SMILES string of the molecule is Cc1nc(Nc2ccc(S(=O)(=O)N3CCCC3)cc2)c2nc(Nc3c(C)cccc3C)sc2n1. The van der Waals surface area contributed by atoms with Crippen LogP contribution in [-0.4, -0.2) is 40.8 Å². The number of hydrogen-bond acceptors (Lipinski definition) is 8. The molecular weight excluding hydrogens is 468 g/mol. The standard InChI is InChI=1S/C24H26N6O2S2/c1-15-7-6-8-16(2)20(15)28-24-29-21-22(25-17(3)26-23(21)33-24)27-18-9-11-19(12-10-18)34(31,32)30-13-4-5-14-30/h6-12H,4-5,13-14H2,1-3H3,(H,28,29)(H,25,26,27). The maximum atomic E-state index is 12.8. The molecule has 1 aliphatic heterocycles. The maximum absolute atomic E-state index is 12.8. The van der Waals surface area contributed by atoms with Crippen LogP contribution in [0.3, 0.4) is 0 Å². The molecule has 2 aromatic heterocycles. The molecule has 2 N–H and O–H groups in total. The normalized spacial score (nSPS) is 14.6. The zero-order valence-corrected chi connectivity index (χ0v) is 20.9. The van der Waals surface area contributed by atoms with Crippen molar-refractivity contribution in [2.75, 3.05) is 23.7 Å². The van der Waals surface area contributed by atoms with Gasteiger partial charge in [0.05, 0.1) is 4.90 Å². The summed E-state index contributed by atoms with van der Waals surface area (Å²) in [5.41, 5.74) is 4.72. The Morgan fingerprint density at radius 2 is 1.56 bits per heavy atom. The van der Waals surface area contributed by atoms with Gasteiger partial charge < -0.3 is 10.6 Å². The summed E-state index contributed by atoms with van der Waals surface area (Å²) >= 11 is 1.47. The number of thiazole rings is 1. The van der Waals surface area contributed by atoms with E-state index in [0.29, 0.717) is 35.1 Å². The highest BCUT2D eigenvalue weighted by atomic mass is 32.2. The molecule has 0 amide bonds. The second-order valence-corrected chi connectivity index (χ2v) is 11.4. The number of benzene rings is 2. The average molecular weight is 495 g/mol. The molecule has 0 spiro atoms. The van der Waals surface area contributed by atoms with Crippen molar-refractivity contribution >= 4 is 54.0 Å². The van der Waals surface area contributed by atoms with Crippen molar-refractivity contribution < 1.29 is 8.42 Å². The van der Waals surface area contributed by atoms with E-state index >= 15 is 0 Å². The number of nitrogens with zero attached hydrogens (tertiary/aromatic N) is 4. The minimum absolute atomic E-state index is 0.303. The van der Waals surface area contributed by atoms with E-state index in [1.54, 1.807) is 28.6 Å². The van der Waals surface area contributed by atoms with Crippen molar-refractivity contribution in [1.82, 2.24) is 19.3 Å². The van der Waals surface area contributed by atoms with Crippen LogP contribution in [0.1, 0.15) is 29.8 Å². The van der Waals surface area contributed by atoms with Gasteiger partial charge in [-0.15, -0.1) is 0 Å². The highest BCUT2D eigenvalue weighted by molar-refractivity contribution is 7.89. The molecule has 0 bridgehead atoms. The molecule has 8 nitrogen and oxygen atoms in total. The molecule has 1 saturated heterocycles. The van der Waals surface area contributed by atoms with Crippen LogP contribution in [0.25, 0.3) is 10.3 Å². The van der Waals surface area contributed by atoms with E-state index in [0.717, 1.165) is 45.3 Å². The first-order chi connectivity index (χ1) is 16.3. The summed E-state index contributed by atoms with van der Waals surface area (Å²) in [6, 6.07) is 12.9. The smallest absolute Gasteiger partial charge is 0.243 e. The van der Waals surface area contributed by atoms with Gasteiger partial charge in [0.25, 0.3) is 0 Å². The Kier molecular flexibility index (Phi) is 5.97. The van der Waals surface area contributed by atoms with Gasteiger partial charge in [0, 0.05) is 24.5 Å². The molecule has 1 aliphatic rings. The Labute approximate surface area is 203 Å². The Bertz CT molecular complexity index is 1440. The Morgan fingerprint density at radius 3 is 2.24 bits per heavy atom. The molecule has 0 saturated carbocycles. The first kappa shape index (κ1) is 22.7. The number of aromatic nitrogens is 3. The summed E-state index contributed by atoms with van der Waals surface area (Å²) in [6.45, 7) is 7.14. The van der Waals surface area contributed by atoms with Crippen LogP contribution in [0.15, 0.2) is 47.4 Å². The number of fused-ring (bicyclic) bond motifs is 1. The van der Waals surface area contributed by atoms with Crippen LogP contribution in [0.5, 0.6) is 0 Å². The van der Waals surface area contributed by atoms with Gasteiger partial charge in [-0.2, -0.15) is 4.31 Å². The molecule has 3 heterocycles. The van der Waals surface area contributed by atoms with Crippen LogP contribution < -0.4 is 10.6 Å². The number of hydrogen-bond donors (Lipinski definition) is 2. The summed E-state index contributed by atoms with van der Waals surface area (Å²) in [7, 11) is -3.44. The molecule has 5 rings (SSSR count). The lowest BCUT2D eigenvalue weighted by Gasteiger charge is -2.15. The number of nitrogens with one attached hydrogen (secondary N) is 2. The highest BCUT2D eigenvalue weighted by Gasteiger charge is 2.27. The molecule has 0 aliphatic carbocycles. The molecule has 10 heteroatoms. The number of sulfonamides is 1. The van der Waals surface area contributed by atoms with E-state index in [9.17, 15) is 8.42 Å². The van der Waals surface area contributed by atoms with Crippen LogP contribution >= 0.6 is 11.3 Å². The fourth-order valence-corrected chi connectivity index (χ4v) is 6.52. The molecule has 176 valence electrons. The molecular formula is C24H26N6O2S2. The second-order valence-electron chi connectivity index (χ2n) is 8.44. The summed E-state index contributed by atoms with van der Waals surface area (Å²) in [6.07, 6.45) is 1.83. The molecule has 34 heavy (non-hydrogen) atoms. The number of aryl methyl sites for hydroxylation is 3. The minimum atomic E-state index is -3.44. The third kappa shape index (κ3) is 4.36. The van der Waals surface area contributed by atoms with Crippen LogP contribution in [0, 0.1) is 20.8 Å². The van der Waals surface area contributed by atoms with Gasteiger partial charge in [-0.3, -0.25) is 0 Å². The van der Waals surface area contributed by atoms with Crippen molar-refractivity contribution in [3.8, 4) is 0 Å². The van der Waals surface area contributed by atoms with Crippen molar-refractivity contribution in [3.05, 3.63) is 59.4 Å². The van der Waals surface area contributed by atoms with Gasteiger partial charge >= 0.3 is 0 Å². The fraction of sp³-hybridized carbons (Fsp3) is 0.292. The van der Waals surface area contributed by atoms with Crippen molar-refractivity contribution in [1.29, 1.82) is 0 Å². The molecule has 2 aromatic carbocycles. The third-order valence-electron chi connectivity index (χ3n) is 5.90. The molecule has 0 unspecified atom stereocenters. The summed E-state index contributed by atoms with van der Waals surface area (Å²) < 4.78 is 27.1. The monoisotopic (exact) mass is 494 g/mol. The van der Waals surface area contributed by atoms with E-state index in [4.69, 9.17) is 4.98 Å². The number of anilines is 4. The van der Waals surface area contributed by atoms with E-state index in [2.05, 4.69) is 46.6 Å². The lowest BCUT2D eigenvalue weighted by Crippen LogP contribution is -2.27. The van der Waals surface area contributed by atoms with Crippen molar-refractivity contribution in [3.63, 3.8) is 0 Å². The molecule has 0 atom stereocenters. The third-order valence-corrected chi connectivity index (χ3v) is 8.68. The summed E-state index contributed by atoms with van der Waals surface area (Å²) in [4.78, 5) is 14.9. The number of para-hydroxylation sites is 1. The highest BCUT2D eigenvalue weighted by Crippen LogP contribution is 2.33. The predicted molar refractivity (Wildman–Crippen MR) is 137 cm³/mol. The Morgan fingerprint density at radius 1 is 0.882 bits per heavy atom. The minimum Gasteiger partial charge on any atom is -0.338 e. The van der Waals surface area contributed by atoms with Gasteiger partial charge in [-0.05, 0) is 69.0 Å². The van der Waals surface area contributed by atoms with Crippen molar-refractivity contribution in [2.45, 2.75) is 38.5 Å². The molecule has 1 fully saturated rings. The predicted octanol–water partition coefficient (Wildman–Crippen LogP) is 5.28. The molecule has 0 radical (unpaired) electrons. The van der Waals surface area contributed by atoms with E-state index in [-0.39, 0.29) is 0 Å². The van der Waals surface area contributed by atoms with Gasteiger partial charge in [0.15, 0.2) is 15.8 Å². The first-order valence-electron chi connectivity index (χ1n) is 11.2. The zero-order valence-electron chi connectivity index (χ0n) is 19.3. The second kappa shape index (κ2) is 8.94. The van der Waals surface area contributed by atoms with E-state index in [1.165, 1.54) is 11.3 Å². The van der Waals surface area contributed by atoms with Crippen LogP contribution in [0.4, 0.5) is 22.3 Å². The average Bonchev–Trinajstić information content (AvgIpc) is 3.47. The topological polar surface area (TPSA) is 100 Å². The quantitative estimate of drug-likeness (QED) is 0.376. The Balaban J connectivity index is 1.42. The van der Waals surface area contributed by atoms with Gasteiger partial charge in [0.2, 0.25) is 10.0 Å². The largest absolute Gasteiger partial charge is 0.338 e. The van der Waals surface area contributed by atoms with Crippen LogP contribution in [-0.2, 0) is 10.0 Å². The lowest BCUT2D eigenvalue weighted by atomic mass is 10.1. The van der Waals surface area contributed by atoms with Crippen LogP contribution in [0.2, 0.25) is 0 Å². The summed E-state index contributed by atoms with van der Waals surface area (Å²) in [5.74, 6) is 1.22. The maximum Gasteiger partial charge on any atom is 0.243 e.